The van der Waals surface area contributed by atoms with Crippen LogP contribution in [0.3, 0.4) is 0 Å². The number of hydrogen-bond acceptors (Lipinski definition) is 5. The summed E-state index contributed by atoms with van der Waals surface area (Å²) in [6, 6.07) is 0. The zero-order valence-corrected chi connectivity index (χ0v) is 18.2. The summed E-state index contributed by atoms with van der Waals surface area (Å²) >= 11 is 0. The smallest absolute Gasteiger partial charge is 0.311 e. The molecule has 0 aliphatic heterocycles. The molecule has 0 fully saturated rings. The van der Waals surface area contributed by atoms with Crippen LogP contribution in [-0.2, 0) is 19.4 Å². The van der Waals surface area contributed by atoms with Crippen LogP contribution in [0.15, 0.2) is 0 Å². The van der Waals surface area contributed by atoms with Gasteiger partial charge in [-0.05, 0) is 20.3 Å². The number of quaternary nitrogens is 1. The van der Waals surface area contributed by atoms with Gasteiger partial charge in [0, 0.05) is 0 Å². The Morgan fingerprint density at radius 3 is 1.58 bits per heavy atom. The first-order valence-electron chi connectivity index (χ1n) is 10.2. The standard InChI is InChI=1S/C17H35NO.C2H6O4S/c1-4-6-7-8-9-10-11-12-13-14-15-16-17(19)18(3)5-2;1-2-6-7(3,4)5/h4-16H2,1-3H3;2H2,1H3,(H,3,4,5). The van der Waals surface area contributed by atoms with Gasteiger partial charge in [0.25, 0.3) is 0 Å². The number of hydrogen-bond donors (Lipinski definition) is 1. The summed E-state index contributed by atoms with van der Waals surface area (Å²) in [6.07, 6.45) is 15.6. The average Bonchev–Trinajstić information content (AvgIpc) is 2.58. The first-order chi connectivity index (χ1) is 12.3. The van der Waals surface area contributed by atoms with E-state index in [4.69, 9.17) is 0 Å². The van der Waals surface area contributed by atoms with E-state index in [-0.39, 0.29) is 6.61 Å². The highest BCUT2D eigenvalue weighted by molar-refractivity contribution is 7.80. The largest absolute Gasteiger partial charge is 0.726 e. The fraction of sp³-hybridized carbons (Fsp3) is 0.947. The Morgan fingerprint density at radius 2 is 1.27 bits per heavy atom. The van der Waals surface area contributed by atoms with Gasteiger partial charge in [-0.25, -0.2) is 13.2 Å². The summed E-state index contributed by atoms with van der Waals surface area (Å²) in [5, 5.41) is 0. The van der Waals surface area contributed by atoms with Gasteiger partial charge in [-0.1, -0.05) is 71.1 Å². The molecule has 7 heteroatoms. The van der Waals surface area contributed by atoms with Crippen LogP contribution < -0.4 is 4.90 Å². The van der Waals surface area contributed by atoms with Crippen LogP contribution in [0.25, 0.3) is 0 Å². The molecule has 0 aliphatic carbocycles. The van der Waals surface area contributed by atoms with Crippen LogP contribution in [0.4, 0.5) is 0 Å². The molecule has 0 aromatic carbocycles. The first kappa shape index (κ1) is 27.7. The third-order valence-corrected chi connectivity index (χ3v) is 4.80. The lowest BCUT2D eigenvalue weighted by Crippen LogP contribution is -3.11. The van der Waals surface area contributed by atoms with Crippen molar-refractivity contribution in [2.75, 3.05) is 20.2 Å². The second-order valence-electron chi connectivity index (χ2n) is 6.66. The Labute approximate surface area is 161 Å². The highest BCUT2D eigenvalue weighted by Gasteiger charge is 2.10. The molecular weight excluding hydrogens is 354 g/mol. The van der Waals surface area contributed by atoms with Crippen molar-refractivity contribution in [3.63, 3.8) is 0 Å². The van der Waals surface area contributed by atoms with Crippen molar-refractivity contribution in [3.8, 4) is 0 Å². The van der Waals surface area contributed by atoms with Crippen LogP contribution in [0.1, 0.15) is 97.8 Å². The van der Waals surface area contributed by atoms with Crippen LogP contribution in [0.2, 0.25) is 0 Å². The van der Waals surface area contributed by atoms with Crippen LogP contribution >= 0.6 is 0 Å². The van der Waals surface area contributed by atoms with Crippen molar-refractivity contribution in [2.24, 2.45) is 0 Å². The molecule has 1 N–H and O–H groups in total. The molecule has 1 amide bonds. The number of carbonyl (C=O) groups excluding carboxylic acids is 1. The third-order valence-electron chi connectivity index (χ3n) is 4.28. The van der Waals surface area contributed by atoms with E-state index in [0.717, 1.165) is 24.3 Å². The molecule has 158 valence electrons. The molecular formula is C19H41NO5S. The zero-order chi connectivity index (χ0) is 20.3. The summed E-state index contributed by atoms with van der Waals surface area (Å²) < 4.78 is 32.0. The monoisotopic (exact) mass is 395 g/mol. The molecule has 0 saturated heterocycles. The lowest BCUT2D eigenvalue weighted by atomic mass is 10.1. The maximum absolute atomic E-state index is 11.6. The van der Waals surface area contributed by atoms with Crippen LogP contribution in [-0.4, -0.2) is 39.1 Å². The van der Waals surface area contributed by atoms with E-state index in [1.165, 1.54) is 71.1 Å². The van der Waals surface area contributed by atoms with Crippen molar-refractivity contribution >= 4 is 16.3 Å². The Hall–Kier alpha value is -0.500. The fourth-order valence-electron chi connectivity index (χ4n) is 2.50. The van der Waals surface area contributed by atoms with Gasteiger partial charge in [-0.15, -0.1) is 0 Å². The summed E-state index contributed by atoms with van der Waals surface area (Å²) in [6.45, 7) is 6.58. The molecule has 26 heavy (non-hydrogen) atoms. The number of unbranched alkanes of at least 4 members (excludes halogenated alkanes) is 10. The van der Waals surface area contributed by atoms with Crippen LogP contribution in [0, 0.1) is 0 Å². The summed E-state index contributed by atoms with van der Waals surface area (Å²) in [4.78, 5) is 12.6. The molecule has 1 atom stereocenters. The highest BCUT2D eigenvalue weighted by Crippen LogP contribution is 2.11. The Balaban J connectivity index is 0. The van der Waals surface area contributed by atoms with E-state index in [1.54, 1.807) is 0 Å². The average molecular weight is 396 g/mol. The molecule has 0 saturated carbocycles. The second kappa shape index (κ2) is 19.3. The van der Waals surface area contributed by atoms with Crippen LogP contribution in [0.5, 0.6) is 0 Å². The maximum Gasteiger partial charge on any atom is 0.311 e. The molecule has 6 nitrogen and oxygen atoms in total. The minimum absolute atomic E-state index is 0.0914. The predicted molar refractivity (Wildman–Crippen MR) is 105 cm³/mol. The molecule has 0 rings (SSSR count). The Morgan fingerprint density at radius 1 is 0.846 bits per heavy atom. The predicted octanol–water partition coefficient (Wildman–Crippen LogP) is 3.23. The molecule has 1 unspecified atom stereocenters. The highest BCUT2D eigenvalue weighted by atomic mass is 32.3. The van der Waals surface area contributed by atoms with Crippen molar-refractivity contribution in [1.82, 2.24) is 0 Å². The lowest BCUT2D eigenvalue weighted by Gasteiger charge is -2.08. The number of amides is 1. The van der Waals surface area contributed by atoms with Gasteiger partial charge in [0.15, 0.2) is 0 Å². The number of nitrogens with one attached hydrogen (secondary N) is 1. The van der Waals surface area contributed by atoms with Gasteiger partial charge in [-0.2, -0.15) is 0 Å². The minimum atomic E-state index is -4.42. The van der Waals surface area contributed by atoms with Crippen molar-refractivity contribution in [1.29, 1.82) is 0 Å². The van der Waals surface area contributed by atoms with Gasteiger partial charge in [-0.3, -0.25) is 9.08 Å². The van der Waals surface area contributed by atoms with Gasteiger partial charge >= 0.3 is 5.91 Å². The van der Waals surface area contributed by atoms with Crippen molar-refractivity contribution in [3.05, 3.63) is 0 Å². The zero-order valence-electron chi connectivity index (χ0n) is 17.3. The molecule has 0 radical (unpaired) electrons. The van der Waals surface area contributed by atoms with Crippen molar-refractivity contribution in [2.45, 2.75) is 97.8 Å². The molecule has 0 aliphatic rings. The fourth-order valence-corrected chi connectivity index (χ4v) is 2.79. The number of carbonyl (C=O) groups is 1. The Kier molecular flexibility index (Phi) is 20.5. The van der Waals surface area contributed by atoms with E-state index in [0.29, 0.717) is 5.91 Å². The van der Waals surface area contributed by atoms with E-state index < -0.39 is 10.4 Å². The van der Waals surface area contributed by atoms with E-state index in [9.17, 15) is 17.8 Å². The topological polar surface area (TPSA) is 87.9 Å². The summed E-state index contributed by atoms with van der Waals surface area (Å²) in [7, 11) is -2.45. The van der Waals surface area contributed by atoms with Gasteiger partial charge < -0.3 is 4.55 Å². The molecule has 0 spiro atoms. The first-order valence-corrected chi connectivity index (χ1v) is 11.6. The molecule has 0 aromatic rings. The van der Waals surface area contributed by atoms with Gasteiger partial charge in [0.2, 0.25) is 10.4 Å². The Bertz CT molecular complexity index is 412. The third kappa shape index (κ3) is 23.5. The summed E-state index contributed by atoms with van der Waals surface area (Å²) in [5.74, 6) is 0.387. The minimum Gasteiger partial charge on any atom is -0.726 e. The van der Waals surface area contributed by atoms with E-state index in [2.05, 4.69) is 18.0 Å². The van der Waals surface area contributed by atoms with Gasteiger partial charge in [0.05, 0.1) is 26.6 Å². The summed E-state index contributed by atoms with van der Waals surface area (Å²) in [5.41, 5.74) is 0. The lowest BCUT2D eigenvalue weighted by molar-refractivity contribution is -0.796. The SMILES string of the molecule is CCCCCCCCCCCCCC(=O)[NH+](C)CC.CCOS(=O)(=O)[O-]. The molecule has 0 aromatic heterocycles. The number of rotatable bonds is 15. The molecule has 0 bridgehead atoms. The van der Waals surface area contributed by atoms with Gasteiger partial charge in [0.1, 0.15) is 0 Å². The van der Waals surface area contributed by atoms with E-state index >= 15 is 0 Å². The maximum atomic E-state index is 11.6. The van der Waals surface area contributed by atoms with Crippen molar-refractivity contribution < 1.29 is 26.8 Å². The second-order valence-corrected chi connectivity index (χ2v) is 7.71. The molecule has 0 heterocycles. The quantitative estimate of drug-likeness (QED) is 0.261. The van der Waals surface area contributed by atoms with E-state index in [1.807, 2.05) is 7.05 Å². The normalized spacial score (nSPS) is 12.3.